The zero-order valence-electron chi connectivity index (χ0n) is 11.5. The summed E-state index contributed by atoms with van der Waals surface area (Å²) in [6, 6.07) is 0. The van der Waals surface area contributed by atoms with Crippen molar-refractivity contribution in [1.82, 2.24) is 10.3 Å². The molecule has 2 heterocycles. The van der Waals surface area contributed by atoms with Crippen molar-refractivity contribution < 1.29 is 4.79 Å². The third kappa shape index (κ3) is 2.64. The molecule has 1 unspecified atom stereocenters. The first-order chi connectivity index (χ1) is 8.57. The molecular formula is C14H22N2OS. The molecule has 0 spiro atoms. The summed E-state index contributed by atoms with van der Waals surface area (Å²) in [4.78, 5) is 18.3. The molecule has 3 nitrogen and oxygen atoms in total. The van der Waals surface area contributed by atoms with Gasteiger partial charge in [0.1, 0.15) is 5.01 Å². The van der Waals surface area contributed by atoms with Crippen molar-refractivity contribution >= 4 is 17.1 Å². The second-order valence-electron chi connectivity index (χ2n) is 5.21. The minimum atomic E-state index is -0.262. The van der Waals surface area contributed by atoms with Gasteiger partial charge in [-0.2, -0.15) is 0 Å². The summed E-state index contributed by atoms with van der Waals surface area (Å²) in [6.45, 7) is 7.19. The van der Waals surface area contributed by atoms with Gasteiger partial charge in [0, 0.05) is 4.88 Å². The lowest BCUT2D eigenvalue weighted by Gasteiger charge is -2.27. The highest BCUT2D eigenvalue weighted by Gasteiger charge is 2.39. The number of thiazole rings is 1. The first-order valence-corrected chi connectivity index (χ1v) is 7.60. The number of nitrogens with one attached hydrogen (secondary N) is 1. The van der Waals surface area contributed by atoms with Gasteiger partial charge in [0.05, 0.1) is 17.7 Å². The molecule has 18 heavy (non-hydrogen) atoms. The molecule has 2 rings (SSSR count). The molecule has 0 aliphatic carbocycles. The second kappa shape index (κ2) is 5.49. The van der Waals surface area contributed by atoms with Crippen LogP contribution in [0.2, 0.25) is 0 Å². The molecule has 0 aromatic carbocycles. The fraction of sp³-hybridized carbons (Fsp3) is 0.714. The summed E-state index contributed by atoms with van der Waals surface area (Å²) in [5.41, 5.74) is 0.800. The predicted octanol–water partition coefficient (Wildman–Crippen LogP) is 2.79. The lowest BCUT2D eigenvalue weighted by Crippen LogP contribution is -2.48. The van der Waals surface area contributed by atoms with Crippen LogP contribution in [-0.2, 0) is 11.2 Å². The van der Waals surface area contributed by atoms with Crippen molar-refractivity contribution in [3.05, 3.63) is 15.6 Å². The summed E-state index contributed by atoms with van der Waals surface area (Å²) in [6.07, 6.45) is 4.60. The van der Waals surface area contributed by atoms with E-state index in [1.165, 1.54) is 4.88 Å². The Morgan fingerprint density at radius 1 is 1.50 bits per heavy atom. The molecule has 100 valence electrons. The predicted molar refractivity (Wildman–Crippen MR) is 75.2 cm³/mol. The molecule has 1 N–H and O–H groups in total. The highest BCUT2D eigenvalue weighted by atomic mass is 32.1. The number of hydrogen-bond donors (Lipinski definition) is 1. The molecule has 1 aliphatic heterocycles. The van der Waals surface area contributed by atoms with Crippen molar-refractivity contribution in [3.63, 3.8) is 0 Å². The van der Waals surface area contributed by atoms with Crippen LogP contribution in [0.5, 0.6) is 0 Å². The minimum absolute atomic E-state index is 0.262. The van der Waals surface area contributed by atoms with Gasteiger partial charge in [0.2, 0.25) is 0 Å². The first-order valence-electron chi connectivity index (χ1n) is 6.78. The maximum Gasteiger partial charge on any atom is 0.159 e. The molecule has 1 fully saturated rings. The quantitative estimate of drug-likeness (QED) is 0.891. The Bertz CT molecular complexity index is 414. The highest BCUT2D eigenvalue weighted by molar-refractivity contribution is 7.11. The third-order valence-corrected chi connectivity index (χ3v) is 4.91. The van der Waals surface area contributed by atoms with Crippen molar-refractivity contribution in [2.24, 2.45) is 0 Å². The van der Waals surface area contributed by atoms with Gasteiger partial charge >= 0.3 is 0 Å². The molecule has 0 radical (unpaired) electrons. The zero-order valence-corrected chi connectivity index (χ0v) is 12.3. The van der Waals surface area contributed by atoms with Gasteiger partial charge in [-0.3, -0.25) is 4.79 Å². The zero-order chi connectivity index (χ0) is 13.2. The van der Waals surface area contributed by atoms with Crippen molar-refractivity contribution in [2.75, 3.05) is 6.54 Å². The Balaban J connectivity index is 2.10. The van der Waals surface area contributed by atoms with E-state index >= 15 is 0 Å². The number of hydrogen-bond acceptors (Lipinski definition) is 4. The minimum Gasteiger partial charge on any atom is -0.305 e. The van der Waals surface area contributed by atoms with Gasteiger partial charge in [-0.15, -0.1) is 11.3 Å². The Morgan fingerprint density at radius 3 is 2.78 bits per heavy atom. The molecule has 1 aromatic rings. The average molecular weight is 266 g/mol. The number of ketones is 1. The Morgan fingerprint density at radius 2 is 2.28 bits per heavy atom. The molecule has 1 aliphatic rings. The van der Waals surface area contributed by atoms with Gasteiger partial charge in [-0.05, 0) is 39.7 Å². The Hall–Kier alpha value is -0.740. The van der Waals surface area contributed by atoms with Crippen LogP contribution in [0.3, 0.4) is 0 Å². The average Bonchev–Trinajstić information content (AvgIpc) is 2.89. The van der Waals surface area contributed by atoms with Crippen LogP contribution in [0.1, 0.15) is 48.2 Å². The molecule has 0 bridgehead atoms. The van der Waals surface area contributed by atoms with Gasteiger partial charge < -0.3 is 5.32 Å². The molecule has 1 atom stereocenters. The van der Waals surface area contributed by atoms with Crippen LogP contribution < -0.4 is 5.32 Å². The molecule has 0 saturated carbocycles. The van der Waals surface area contributed by atoms with E-state index in [1.807, 2.05) is 6.92 Å². The summed E-state index contributed by atoms with van der Waals surface area (Å²) in [5, 5.41) is 4.41. The fourth-order valence-electron chi connectivity index (χ4n) is 2.75. The first kappa shape index (κ1) is 13.7. The van der Waals surface area contributed by atoms with E-state index in [0.717, 1.165) is 42.9 Å². The SMILES string of the molecule is CCCC1(C(=O)Cc2nc(C)c(C)s2)CCCN1. The molecule has 1 aromatic heterocycles. The topological polar surface area (TPSA) is 42.0 Å². The van der Waals surface area contributed by atoms with Gasteiger partial charge in [0.15, 0.2) is 5.78 Å². The van der Waals surface area contributed by atoms with Gasteiger partial charge in [-0.1, -0.05) is 13.3 Å². The third-order valence-electron chi connectivity index (χ3n) is 3.84. The molecule has 4 heteroatoms. The maximum absolute atomic E-state index is 12.6. The number of Topliss-reactive ketones (excluding diaryl/α,β-unsaturated/α-hetero) is 1. The highest BCUT2D eigenvalue weighted by Crippen LogP contribution is 2.28. The van der Waals surface area contributed by atoms with Crippen LogP contribution in [-0.4, -0.2) is 22.9 Å². The summed E-state index contributed by atoms with van der Waals surface area (Å²) in [5.74, 6) is 0.329. The van der Waals surface area contributed by atoms with E-state index in [9.17, 15) is 4.79 Å². The lowest BCUT2D eigenvalue weighted by atomic mass is 9.86. The number of aryl methyl sites for hydroxylation is 2. The second-order valence-corrected chi connectivity index (χ2v) is 6.50. The summed E-state index contributed by atoms with van der Waals surface area (Å²) < 4.78 is 0. The van der Waals surface area contributed by atoms with Gasteiger partial charge in [0.25, 0.3) is 0 Å². The lowest BCUT2D eigenvalue weighted by molar-refractivity contribution is -0.124. The maximum atomic E-state index is 12.6. The van der Waals surface area contributed by atoms with Gasteiger partial charge in [-0.25, -0.2) is 4.98 Å². The van der Waals surface area contributed by atoms with E-state index in [0.29, 0.717) is 12.2 Å². The molecule has 0 amide bonds. The van der Waals surface area contributed by atoms with E-state index < -0.39 is 0 Å². The van der Waals surface area contributed by atoms with Crippen molar-refractivity contribution in [3.8, 4) is 0 Å². The number of carbonyl (C=O) groups excluding carboxylic acids is 1. The fourth-order valence-corrected chi connectivity index (χ4v) is 3.68. The van der Waals surface area contributed by atoms with E-state index in [4.69, 9.17) is 0 Å². The van der Waals surface area contributed by atoms with Crippen LogP contribution in [0.15, 0.2) is 0 Å². The Kier molecular flexibility index (Phi) is 4.17. The van der Waals surface area contributed by atoms with Crippen LogP contribution >= 0.6 is 11.3 Å². The van der Waals surface area contributed by atoms with E-state index in [1.54, 1.807) is 11.3 Å². The van der Waals surface area contributed by atoms with Crippen molar-refractivity contribution in [2.45, 2.75) is 58.4 Å². The Labute approximate surface area is 113 Å². The van der Waals surface area contributed by atoms with Crippen molar-refractivity contribution in [1.29, 1.82) is 0 Å². The molecular weight excluding hydrogens is 244 g/mol. The smallest absolute Gasteiger partial charge is 0.159 e. The monoisotopic (exact) mass is 266 g/mol. The van der Waals surface area contributed by atoms with Crippen LogP contribution in [0, 0.1) is 13.8 Å². The molecule has 1 saturated heterocycles. The van der Waals surface area contributed by atoms with Crippen LogP contribution in [0.4, 0.5) is 0 Å². The number of rotatable bonds is 5. The summed E-state index contributed by atoms with van der Waals surface area (Å²) >= 11 is 1.66. The largest absolute Gasteiger partial charge is 0.305 e. The standard InChI is InChI=1S/C14H22N2OS/c1-4-6-14(7-5-8-15-14)12(17)9-13-16-10(2)11(3)18-13/h15H,4-9H2,1-3H3. The summed E-state index contributed by atoms with van der Waals surface area (Å²) in [7, 11) is 0. The number of carbonyl (C=O) groups is 1. The van der Waals surface area contributed by atoms with E-state index in [-0.39, 0.29) is 5.54 Å². The van der Waals surface area contributed by atoms with Crippen LogP contribution in [0.25, 0.3) is 0 Å². The normalized spacial score (nSPS) is 23.5. The van der Waals surface area contributed by atoms with E-state index in [2.05, 4.69) is 24.1 Å². The number of nitrogens with zero attached hydrogens (tertiary/aromatic N) is 1. The number of aromatic nitrogens is 1.